The summed E-state index contributed by atoms with van der Waals surface area (Å²) < 4.78 is 24.6. The van der Waals surface area contributed by atoms with Crippen LogP contribution in [-0.4, -0.2) is 17.0 Å². The van der Waals surface area contributed by atoms with Gasteiger partial charge < -0.3 is 14.8 Å². The number of rotatable bonds is 6. The first-order valence-corrected chi connectivity index (χ1v) is 8.90. The zero-order valence-corrected chi connectivity index (χ0v) is 15.9. The maximum Gasteiger partial charge on any atom is 0.257 e. The molecule has 0 aliphatic carbocycles. The minimum atomic E-state index is -0.613. The molecule has 1 amide bonds. The molecule has 5 nitrogen and oxygen atoms in total. The highest BCUT2D eigenvalue weighted by Crippen LogP contribution is 2.27. The number of carbonyl (C=O) groups is 1. The Bertz CT molecular complexity index is 972. The molecule has 1 aromatic heterocycles. The van der Waals surface area contributed by atoms with Gasteiger partial charge in [-0.3, -0.25) is 4.79 Å². The summed E-state index contributed by atoms with van der Waals surface area (Å²) in [7, 11) is 0. The van der Waals surface area contributed by atoms with Crippen LogP contribution >= 0.6 is 0 Å². The van der Waals surface area contributed by atoms with Crippen molar-refractivity contribution >= 4 is 11.6 Å². The molecule has 0 aliphatic rings. The molecule has 1 heterocycles. The third-order valence-corrected chi connectivity index (χ3v) is 3.82. The van der Waals surface area contributed by atoms with Crippen molar-refractivity contribution in [2.24, 2.45) is 0 Å². The molecule has 0 aliphatic heterocycles. The van der Waals surface area contributed by atoms with E-state index in [2.05, 4.69) is 10.3 Å². The van der Waals surface area contributed by atoms with Crippen molar-refractivity contribution in [3.05, 3.63) is 77.9 Å². The fourth-order valence-electron chi connectivity index (χ4n) is 2.59. The topological polar surface area (TPSA) is 60.5 Å². The number of ether oxygens (including phenoxy) is 2. The lowest BCUT2D eigenvalue weighted by molar-refractivity contribution is 0.102. The maximum atomic E-state index is 13.1. The van der Waals surface area contributed by atoms with Crippen molar-refractivity contribution in [3.63, 3.8) is 0 Å². The van der Waals surface area contributed by atoms with Crippen LogP contribution in [-0.2, 0) is 0 Å². The predicted molar refractivity (Wildman–Crippen MR) is 106 cm³/mol. The first-order valence-electron chi connectivity index (χ1n) is 8.90. The van der Waals surface area contributed by atoms with Gasteiger partial charge in [0.05, 0.1) is 17.4 Å². The molecule has 144 valence electrons. The first kappa shape index (κ1) is 19.4. The molecule has 0 spiro atoms. The quantitative estimate of drug-likeness (QED) is 0.585. The number of aryl methyl sites for hydroxylation is 1. The lowest BCUT2D eigenvalue weighted by Gasteiger charge is -2.12. The Morgan fingerprint density at radius 3 is 2.39 bits per heavy atom. The number of anilines is 1. The third kappa shape index (κ3) is 5.07. The van der Waals surface area contributed by atoms with Gasteiger partial charge in [-0.2, -0.15) is 4.39 Å². The summed E-state index contributed by atoms with van der Waals surface area (Å²) in [5, 5.41) is 2.76. The zero-order chi connectivity index (χ0) is 20.1. The Hall–Kier alpha value is -3.41. The molecule has 0 atom stereocenters. The molecule has 28 heavy (non-hydrogen) atoms. The van der Waals surface area contributed by atoms with Crippen molar-refractivity contribution in [2.75, 3.05) is 5.32 Å². The van der Waals surface area contributed by atoms with E-state index in [0.29, 0.717) is 28.4 Å². The van der Waals surface area contributed by atoms with Crippen LogP contribution in [0.2, 0.25) is 0 Å². The van der Waals surface area contributed by atoms with Crippen LogP contribution in [0, 0.1) is 12.9 Å². The number of hydrogen-bond donors (Lipinski definition) is 1. The summed E-state index contributed by atoms with van der Waals surface area (Å²) in [6, 6.07) is 16.9. The second-order valence-electron chi connectivity index (χ2n) is 6.49. The lowest BCUT2D eigenvalue weighted by Crippen LogP contribution is -2.14. The molecule has 2 aromatic carbocycles. The van der Waals surface area contributed by atoms with E-state index >= 15 is 0 Å². The molecule has 0 saturated heterocycles. The minimum absolute atomic E-state index is 0.0816. The Balaban J connectivity index is 1.66. The minimum Gasteiger partial charge on any atom is -0.491 e. The van der Waals surface area contributed by atoms with Crippen molar-refractivity contribution in [1.82, 2.24) is 4.98 Å². The van der Waals surface area contributed by atoms with Crippen LogP contribution in [0.5, 0.6) is 17.2 Å². The predicted octanol–water partition coefficient (Wildman–Crippen LogP) is 5.36. The van der Waals surface area contributed by atoms with Gasteiger partial charge >= 0.3 is 0 Å². The summed E-state index contributed by atoms with van der Waals surface area (Å²) in [6.07, 6.45) is 0.0816. The van der Waals surface area contributed by atoms with Gasteiger partial charge in [0.15, 0.2) is 0 Å². The number of amides is 1. The first-order chi connectivity index (χ1) is 13.4. The molecular formula is C22H21FN2O3. The summed E-state index contributed by atoms with van der Waals surface area (Å²) in [4.78, 5) is 16.0. The fraction of sp³-hybridized carbons (Fsp3) is 0.182. The standard InChI is InChI=1S/C22H21FN2O3/c1-14(2)27-18-5-4-6-19(13-18)28-17-9-7-16(8-10-17)25-22(26)20-11-12-21(23)24-15(20)3/h4-14H,1-3H3,(H,25,26). The molecule has 3 rings (SSSR count). The lowest BCUT2D eigenvalue weighted by atomic mass is 10.2. The van der Waals surface area contributed by atoms with Gasteiger partial charge in [0, 0.05) is 11.8 Å². The number of aromatic nitrogens is 1. The summed E-state index contributed by atoms with van der Waals surface area (Å²) >= 11 is 0. The molecule has 0 radical (unpaired) electrons. The molecule has 0 fully saturated rings. The number of hydrogen-bond acceptors (Lipinski definition) is 4. The Morgan fingerprint density at radius 1 is 1.00 bits per heavy atom. The second kappa shape index (κ2) is 8.52. The van der Waals surface area contributed by atoms with Gasteiger partial charge in [-0.05, 0) is 69.3 Å². The highest BCUT2D eigenvalue weighted by Gasteiger charge is 2.11. The van der Waals surface area contributed by atoms with E-state index in [0.717, 1.165) is 11.8 Å². The van der Waals surface area contributed by atoms with Gasteiger partial charge in [-0.1, -0.05) is 6.07 Å². The molecular weight excluding hydrogens is 359 g/mol. The van der Waals surface area contributed by atoms with Gasteiger partial charge in [0.2, 0.25) is 5.95 Å². The van der Waals surface area contributed by atoms with Crippen LogP contribution in [0.3, 0.4) is 0 Å². The highest BCUT2D eigenvalue weighted by molar-refractivity contribution is 6.04. The Labute approximate surface area is 163 Å². The molecule has 6 heteroatoms. The summed E-state index contributed by atoms with van der Waals surface area (Å²) in [5.41, 5.74) is 1.25. The monoisotopic (exact) mass is 380 g/mol. The van der Waals surface area contributed by atoms with Crippen LogP contribution < -0.4 is 14.8 Å². The average molecular weight is 380 g/mol. The number of nitrogens with one attached hydrogen (secondary N) is 1. The number of halogens is 1. The Morgan fingerprint density at radius 2 is 1.71 bits per heavy atom. The summed E-state index contributed by atoms with van der Waals surface area (Å²) in [5.74, 6) is 1.05. The average Bonchev–Trinajstić information content (AvgIpc) is 2.63. The van der Waals surface area contributed by atoms with Crippen molar-refractivity contribution in [1.29, 1.82) is 0 Å². The number of nitrogens with zero attached hydrogens (tertiary/aromatic N) is 1. The van der Waals surface area contributed by atoms with E-state index in [9.17, 15) is 9.18 Å². The molecule has 3 aromatic rings. The van der Waals surface area contributed by atoms with Crippen molar-refractivity contribution in [2.45, 2.75) is 26.9 Å². The Kier molecular flexibility index (Phi) is 5.89. The van der Waals surface area contributed by atoms with Crippen LogP contribution in [0.25, 0.3) is 0 Å². The van der Waals surface area contributed by atoms with Crippen LogP contribution in [0.4, 0.5) is 10.1 Å². The smallest absolute Gasteiger partial charge is 0.257 e. The zero-order valence-electron chi connectivity index (χ0n) is 15.9. The molecule has 0 saturated carbocycles. The highest BCUT2D eigenvalue weighted by atomic mass is 19.1. The largest absolute Gasteiger partial charge is 0.491 e. The number of carbonyl (C=O) groups excluding carboxylic acids is 1. The number of pyridine rings is 1. The van der Waals surface area contributed by atoms with E-state index < -0.39 is 5.95 Å². The molecule has 0 bridgehead atoms. The molecule has 1 N–H and O–H groups in total. The van der Waals surface area contributed by atoms with Crippen molar-refractivity contribution in [3.8, 4) is 17.2 Å². The second-order valence-corrected chi connectivity index (χ2v) is 6.49. The maximum absolute atomic E-state index is 13.1. The van der Waals surface area contributed by atoms with Crippen LogP contribution in [0.1, 0.15) is 29.9 Å². The molecule has 0 unspecified atom stereocenters. The van der Waals surface area contributed by atoms with E-state index in [4.69, 9.17) is 9.47 Å². The normalized spacial score (nSPS) is 10.6. The van der Waals surface area contributed by atoms with Gasteiger partial charge in [0.25, 0.3) is 5.91 Å². The van der Waals surface area contributed by atoms with E-state index in [1.165, 1.54) is 6.07 Å². The summed E-state index contributed by atoms with van der Waals surface area (Å²) in [6.45, 7) is 5.51. The van der Waals surface area contributed by atoms with Gasteiger partial charge in [-0.25, -0.2) is 4.98 Å². The van der Waals surface area contributed by atoms with Crippen LogP contribution in [0.15, 0.2) is 60.7 Å². The van der Waals surface area contributed by atoms with Gasteiger partial charge in [-0.15, -0.1) is 0 Å². The van der Waals surface area contributed by atoms with Crippen molar-refractivity contribution < 1.29 is 18.7 Å². The SMILES string of the molecule is Cc1nc(F)ccc1C(=O)Nc1ccc(Oc2cccc(OC(C)C)c2)cc1. The van der Waals surface area contributed by atoms with E-state index in [1.54, 1.807) is 31.2 Å². The number of benzene rings is 2. The fourth-order valence-corrected chi connectivity index (χ4v) is 2.59. The van der Waals surface area contributed by atoms with E-state index in [-0.39, 0.29) is 12.0 Å². The third-order valence-electron chi connectivity index (χ3n) is 3.82. The van der Waals surface area contributed by atoms with Gasteiger partial charge in [0.1, 0.15) is 17.2 Å². The van der Waals surface area contributed by atoms with E-state index in [1.807, 2.05) is 38.1 Å².